The van der Waals surface area contributed by atoms with E-state index in [2.05, 4.69) is 26.1 Å². The minimum absolute atomic E-state index is 0.388. The number of aliphatic hydroxyl groups is 1. The standard InChI is InChI=1S/C17H29NO3/c1-12(2)6-7-13(3)18-11-16(19)15-10-14(20-4)8-9-17(15)21-5/h8-10,12-13,16,18-19H,6-7,11H2,1-5H3. The van der Waals surface area contributed by atoms with Gasteiger partial charge in [0.05, 0.1) is 20.3 Å². The monoisotopic (exact) mass is 295 g/mol. The van der Waals surface area contributed by atoms with Crippen molar-refractivity contribution in [2.24, 2.45) is 5.92 Å². The molecule has 0 aromatic heterocycles. The second kappa shape index (κ2) is 8.90. The van der Waals surface area contributed by atoms with E-state index in [1.807, 2.05) is 18.2 Å². The van der Waals surface area contributed by atoms with Gasteiger partial charge in [-0.25, -0.2) is 0 Å². The van der Waals surface area contributed by atoms with Crippen LogP contribution < -0.4 is 14.8 Å². The molecule has 120 valence electrons. The number of benzene rings is 1. The molecule has 4 nitrogen and oxygen atoms in total. The average Bonchev–Trinajstić information content (AvgIpc) is 2.49. The Morgan fingerprint density at radius 3 is 2.38 bits per heavy atom. The maximum absolute atomic E-state index is 10.4. The molecule has 0 radical (unpaired) electrons. The predicted molar refractivity (Wildman–Crippen MR) is 86.0 cm³/mol. The maximum atomic E-state index is 10.4. The van der Waals surface area contributed by atoms with Crippen LogP contribution in [0.15, 0.2) is 18.2 Å². The van der Waals surface area contributed by atoms with E-state index in [9.17, 15) is 5.11 Å². The molecule has 0 aliphatic rings. The summed E-state index contributed by atoms with van der Waals surface area (Å²) in [4.78, 5) is 0. The number of ether oxygens (including phenoxy) is 2. The number of hydrogen-bond donors (Lipinski definition) is 2. The van der Waals surface area contributed by atoms with Gasteiger partial charge >= 0.3 is 0 Å². The minimum atomic E-state index is -0.614. The van der Waals surface area contributed by atoms with Crippen molar-refractivity contribution in [2.45, 2.75) is 45.8 Å². The minimum Gasteiger partial charge on any atom is -0.497 e. The van der Waals surface area contributed by atoms with Crippen molar-refractivity contribution in [1.29, 1.82) is 0 Å². The first-order valence-corrected chi connectivity index (χ1v) is 7.61. The van der Waals surface area contributed by atoms with E-state index >= 15 is 0 Å². The molecule has 1 rings (SSSR count). The van der Waals surface area contributed by atoms with Gasteiger partial charge < -0.3 is 19.9 Å². The number of nitrogens with one attached hydrogen (secondary N) is 1. The van der Waals surface area contributed by atoms with Crippen LogP contribution in [-0.4, -0.2) is 31.9 Å². The molecule has 0 fully saturated rings. The Hall–Kier alpha value is -1.26. The summed E-state index contributed by atoms with van der Waals surface area (Å²) in [5, 5.41) is 13.8. The number of hydrogen-bond acceptors (Lipinski definition) is 4. The van der Waals surface area contributed by atoms with Crippen LogP contribution in [0, 0.1) is 5.92 Å². The van der Waals surface area contributed by atoms with Gasteiger partial charge in [-0.15, -0.1) is 0 Å². The molecule has 21 heavy (non-hydrogen) atoms. The maximum Gasteiger partial charge on any atom is 0.124 e. The van der Waals surface area contributed by atoms with Crippen molar-refractivity contribution in [3.63, 3.8) is 0 Å². The van der Waals surface area contributed by atoms with Gasteiger partial charge in [0.1, 0.15) is 11.5 Å². The third-order valence-electron chi connectivity index (χ3n) is 3.63. The van der Waals surface area contributed by atoms with E-state index in [1.54, 1.807) is 14.2 Å². The van der Waals surface area contributed by atoms with Crippen molar-refractivity contribution >= 4 is 0 Å². The first kappa shape index (κ1) is 17.8. The fourth-order valence-corrected chi connectivity index (χ4v) is 2.21. The number of methoxy groups -OCH3 is 2. The lowest BCUT2D eigenvalue weighted by Crippen LogP contribution is -2.30. The molecule has 0 bridgehead atoms. The molecule has 0 spiro atoms. The molecule has 0 amide bonds. The summed E-state index contributed by atoms with van der Waals surface area (Å²) in [6.45, 7) is 7.10. The van der Waals surface area contributed by atoms with Crippen molar-refractivity contribution in [3.8, 4) is 11.5 Å². The van der Waals surface area contributed by atoms with Gasteiger partial charge in [0.2, 0.25) is 0 Å². The smallest absolute Gasteiger partial charge is 0.124 e. The van der Waals surface area contributed by atoms with E-state index in [4.69, 9.17) is 9.47 Å². The Labute approximate surface area is 128 Å². The van der Waals surface area contributed by atoms with Crippen LogP contribution in [0.5, 0.6) is 11.5 Å². The van der Waals surface area contributed by atoms with Crippen molar-refractivity contribution in [2.75, 3.05) is 20.8 Å². The number of aliphatic hydroxyl groups excluding tert-OH is 1. The third-order valence-corrected chi connectivity index (χ3v) is 3.63. The SMILES string of the molecule is COc1ccc(OC)c(C(O)CNC(C)CCC(C)C)c1. The highest BCUT2D eigenvalue weighted by Gasteiger charge is 2.15. The highest BCUT2D eigenvalue weighted by Crippen LogP contribution is 2.29. The second-order valence-electron chi connectivity index (χ2n) is 5.90. The molecule has 2 atom stereocenters. The van der Waals surface area contributed by atoms with Gasteiger partial charge in [-0.1, -0.05) is 13.8 Å². The normalized spacial score (nSPS) is 14.0. The molecule has 0 saturated carbocycles. The molecule has 0 heterocycles. The fraction of sp³-hybridized carbons (Fsp3) is 0.647. The lowest BCUT2D eigenvalue weighted by Gasteiger charge is -2.20. The quantitative estimate of drug-likeness (QED) is 0.735. The van der Waals surface area contributed by atoms with Crippen LogP contribution >= 0.6 is 0 Å². The van der Waals surface area contributed by atoms with Gasteiger partial charge in [-0.3, -0.25) is 0 Å². The van der Waals surface area contributed by atoms with Gasteiger partial charge in [0, 0.05) is 18.2 Å². The molecule has 1 aromatic rings. The highest BCUT2D eigenvalue weighted by molar-refractivity contribution is 5.41. The lowest BCUT2D eigenvalue weighted by molar-refractivity contribution is 0.165. The summed E-state index contributed by atoms with van der Waals surface area (Å²) in [7, 11) is 3.22. The summed E-state index contributed by atoms with van der Waals surface area (Å²) in [5.41, 5.74) is 0.750. The van der Waals surface area contributed by atoms with Gasteiger partial charge in [0.15, 0.2) is 0 Å². The van der Waals surface area contributed by atoms with E-state index in [0.717, 1.165) is 17.7 Å². The Balaban J connectivity index is 2.60. The van der Waals surface area contributed by atoms with E-state index in [1.165, 1.54) is 6.42 Å². The zero-order valence-corrected chi connectivity index (χ0v) is 13.8. The summed E-state index contributed by atoms with van der Waals surface area (Å²) in [5.74, 6) is 2.11. The topological polar surface area (TPSA) is 50.7 Å². The van der Waals surface area contributed by atoms with Crippen molar-refractivity contribution < 1.29 is 14.6 Å². The largest absolute Gasteiger partial charge is 0.497 e. The molecular formula is C17H29NO3. The van der Waals surface area contributed by atoms with Crippen LogP contribution in [0.3, 0.4) is 0 Å². The van der Waals surface area contributed by atoms with E-state index < -0.39 is 6.10 Å². The Bertz CT molecular complexity index is 420. The van der Waals surface area contributed by atoms with Crippen LogP contribution in [0.4, 0.5) is 0 Å². The van der Waals surface area contributed by atoms with Crippen molar-refractivity contribution in [1.82, 2.24) is 5.32 Å². The Morgan fingerprint density at radius 2 is 1.81 bits per heavy atom. The summed E-state index contributed by atoms with van der Waals surface area (Å²) in [6, 6.07) is 5.86. The zero-order valence-electron chi connectivity index (χ0n) is 13.8. The van der Waals surface area contributed by atoms with Gasteiger partial charge in [0.25, 0.3) is 0 Å². The lowest BCUT2D eigenvalue weighted by atomic mass is 10.0. The predicted octanol–water partition coefficient (Wildman–Crippen LogP) is 3.15. The first-order valence-electron chi connectivity index (χ1n) is 7.61. The Kier molecular flexibility index (Phi) is 7.54. The molecule has 2 unspecified atom stereocenters. The van der Waals surface area contributed by atoms with Gasteiger partial charge in [-0.05, 0) is 43.9 Å². The van der Waals surface area contributed by atoms with Gasteiger partial charge in [-0.2, -0.15) is 0 Å². The van der Waals surface area contributed by atoms with E-state index in [0.29, 0.717) is 24.3 Å². The molecular weight excluding hydrogens is 266 g/mol. The number of rotatable bonds is 9. The average molecular weight is 295 g/mol. The zero-order chi connectivity index (χ0) is 15.8. The molecule has 4 heteroatoms. The van der Waals surface area contributed by atoms with Crippen LogP contribution in [0.25, 0.3) is 0 Å². The van der Waals surface area contributed by atoms with Crippen LogP contribution in [0.2, 0.25) is 0 Å². The molecule has 0 aliphatic heterocycles. The molecule has 2 N–H and O–H groups in total. The summed E-state index contributed by atoms with van der Waals surface area (Å²) < 4.78 is 10.5. The van der Waals surface area contributed by atoms with E-state index in [-0.39, 0.29) is 0 Å². The highest BCUT2D eigenvalue weighted by atomic mass is 16.5. The summed E-state index contributed by atoms with van der Waals surface area (Å²) in [6.07, 6.45) is 1.68. The summed E-state index contributed by atoms with van der Waals surface area (Å²) >= 11 is 0. The first-order chi connectivity index (χ1) is 9.97. The second-order valence-corrected chi connectivity index (χ2v) is 5.90. The molecule has 1 aromatic carbocycles. The third kappa shape index (κ3) is 5.94. The molecule has 0 aliphatic carbocycles. The Morgan fingerprint density at radius 1 is 1.10 bits per heavy atom. The van der Waals surface area contributed by atoms with Crippen LogP contribution in [0.1, 0.15) is 45.3 Å². The van der Waals surface area contributed by atoms with Crippen molar-refractivity contribution in [3.05, 3.63) is 23.8 Å². The van der Waals surface area contributed by atoms with Crippen LogP contribution in [-0.2, 0) is 0 Å². The molecule has 0 saturated heterocycles. The fourth-order valence-electron chi connectivity index (χ4n) is 2.21.